The maximum absolute atomic E-state index is 9.05. The lowest BCUT2D eigenvalue weighted by Gasteiger charge is -2.16. The second-order valence-electron chi connectivity index (χ2n) is 3.64. The number of oxime groups is 1. The predicted molar refractivity (Wildman–Crippen MR) is 56.4 cm³/mol. The van der Waals surface area contributed by atoms with E-state index < -0.39 is 0 Å². The third kappa shape index (κ3) is 7.82. The van der Waals surface area contributed by atoms with Gasteiger partial charge in [0.1, 0.15) is 5.84 Å². The second kappa shape index (κ2) is 7.58. The third-order valence-corrected chi connectivity index (χ3v) is 2.03. The number of aliphatic hydroxyl groups is 1. The standard InChI is InChI=1S/C9H21N3O2/c1-8(13)5-7-12(2)6-3-4-9(10)11-14/h8,13-14H,3-7H2,1-2H3,(H2,10,11). The summed E-state index contributed by atoms with van der Waals surface area (Å²) >= 11 is 0. The van der Waals surface area contributed by atoms with E-state index in [0.717, 1.165) is 25.9 Å². The zero-order valence-corrected chi connectivity index (χ0v) is 8.98. The van der Waals surface area contributed by atoms with Crippen LogP contribution in [0.2, 0.25) is 0 Å². The summed E-state index contributed by atoms with van der Waals surface area (Å²) in [6.45, 7) is 3.54. The first-order chi connectivity index (χ1) is 6.56. The van der Waals surface area contributed by atoms with Gasteiger partial charge in [0.2, 0.25) is 0 Å². The summed E-state index contributed by atoms with van der Waals surface area (Å²) in [4.78, 5) is 2.12. The second-order valence-corrected chi connectivity index (χ2v) is 3.64. The summed E-state index contributed by atoms with van der Waals surface area (Å²) in [5.74, 6) is 0.272. The van der Waals surface area contributed by atoms with Gasteiger partial charge in [-0.25, -0.2) is 0 Å². The molecule has 0 aliphatic rings. The Balaban J connectivity index is 3.40. The van der Waals surface area contributed by atoms with E-state index in [-0.39, 0.29) is 11.9 Å². The molecule has 0 bridgehead atoms. The summed E-state index contributed by atoms with van der Waals surface area (Å²) in [6.07, 6.45) is 2.00. The van der Waals surface area contributed by atoms with Crippen LogP contribution in [0, 0.1) is 0 Å². The molecule has 0 amide bonds. The van der Waals surface area contributed by atoms with E-state index in [0.29, 0.717) is 6.42 Å². The highest BCUT2D eigenvalue weighted by Gasteiger charge is 2.01. The SMILES string of the molecule is CC(O)CCN(C)CCCC(N)=NO. The van der Waals surface area contributed by atoms with Gasteiger partial charge in [0.25, 0.3) is 0 Å². The van der Waals surface area contributed by atoms with Crippen LogP contribution in [0.25, 0.3) is 0 Å². The van der Waals surface area contributed by atoms with Crippen molar-refractivity contribution >= 4 is 5.84 Å². The van der Waals surface area contributed by atoms with Crippen LogP contribution in [0.15, 0.2) is 5.16 Å². The van der Waals surface area contributed by atoms with E-state index in [9.17, 15) is 0 Å². The summed E-state index contributed by atoms with van der Waals surface area (Å²) in [5.41, 5.74) is 5.32. The Morgan fingerprint density at radius 1 is 1.50 bits per heavy atom. The van der Waals surface area contributed by atoms with Gasteiger partial charge in [-0.3, -0.25) is 0 Å². The normalized spacial score (nSPS) is 14.7. The molecule has 0 fully saturated rings. The Kier molecular flexibility index (Phi) is 7.14. The quantitative estimate of drug-likeness (QED) is 0.239. The van der Waals surface area contributed by atoms with E-state index >= 15 is 0 Å². The van der Waals surface area contributed by atoms with Crippen molar-refractivity contribution in [1.82, 2.24) is 4.90 Å². The van der Waals surface area contributed by atoms with Gasteiger partial charge in [-0.2, -0.15) is 0 Å². The lowest BCUT2D eigenvalue weighted by Crippen LogP contribution is -2.24. The van der Waals surface area contributed by atoms with Crippen molar-refractivity contribution in [1.29, 1.82) is 0 Å². The van der Waals surface area contributed by atoms with Crippen molar-refractivity contribution in [2.45, 2.75) is 32.3 Å². The minimum absolute atomic E-state index is 0.249. The van der Waals surface area contributed by atoms with Gasteiger partial charge >= 0.3 is 0 Å². The van der Waals surface area contributed by atoms with Crippen molar-refractivity contribution < 1.29 is 10.3 Å². The lowest BCUT2D eigenvalue weighted by molar-refractivity contribution is 0.164. The molecule has 0 heterocycles. The number of hydrogen-bond donors (Lipinski definition) is 3. The van der Waals surface area contributed by atoms with Crippen LogP contribution in [0.5, 0.6) is 0 Å². The van der Waals surface area contributed by atoms with Crippen LogP contribution in [0.3, 0.4) is 0 Å². The lowest BCUT2D eigenvalue weighted by atomic mass is 10.2. The fraction of sp³-hybridized carbons (Fsp3) is 0.889. The molecule has 1 atom stereocenters. The van der Waals surface area contributed by atoms with Gasteiger partial charge in [0, 0.05) is 13.0 Å². The molecule has 4 N–H and O–H groups in total. The minimum Gasteiger partial charge on any atom is -0.409 e. The first-order valence-corrected chi connectivity index (χ1v) is 4.89. The summed E-state index contributed by atoms with van der Waals surface area (Å²) in [6, 6.07) is 0. The molecule has 0 aliphatic carbocycles. The zero-order valence-electron chi connectivity index (χ0n) is 8.98. The summed E-state index contributed by atoms with van der Waals surface area (Å²) < 4.78 is 0. The van der Waals surface area contributed by atoms with Crippen LogP contribution in [-0.2, 0) is 0 Å². The van der Waals surface area contributed by atoms with Gasteiger partial charge in [0.05, 0.1) is 6.10 Å². The molecule has 0 spiro atoms. The van der Waals surface area contributed by atoms with E-state index in [1.54, 1.807) is 6.92 Å². The number of amidine groups is 1. The van der Waals surface area contributed by atoms with E-state index in [1.165, 1.54) is 0 Å². The summed E-state index contributed by atoms with van der Waals surface area (Å²) in [7, 11) is 1.99. The highest BCUT2D eigenvalue weighted by molar-refractivity contribution is 5.79. The maximum atomic E-state index is 9.05. The van der Waals surface area contributed by atoms with E-state index in [4.69, 9.17) is 16.0 Å². The average Bonchev–Trinajstić information content (AvgIpc) is 2.14. The van der Waals surface area contributed by atoms with Crippen molar-refractivity contribution in [2.24, 2.45) is 10.9 Å². The maximum Gasteiger partial charge on any atom is 0.139 e. The molecule has 1 unspecified atom stereocenters. The number of nitrogens with zero attached hydrogens (tertiary/aromatic N) is 2. The van der Waals surface area contributed by atoms with Crippen LogP contribution in [0.4, 0.5) is 0 Å². The first kappa shape index (κ1) is 13.2. The van der Waals surface area contributed by atoms with E-state index in [2.05, 4.69) is 10.1 Å². The summed E-state index contributed by atoms with van der Waals surface area (Å²) in [5, 5.41) is 20.2. The van der Waals surface area contributed by atoms with Gasteiger partial charge in [-0.15, -0.1) is 0 Å². The minimum atomic E-state index is -0.249. The molecule has 0 aromatic heterocycles. The molecule has 5 nitrogen and oxygen atoms in total. The zero-order chi connectivity index (χ0) is 11.0. The average molecular weight is 203 g/mol. The molecule has 14 heavy (non-hydrogen) atoms. The van der Waals surface area contributed by atoms with Gasteiger partial charge < -0.3 is 20.9 Å². The highest BCUT2D eigenvalue weighted by Crippen LogP contribution is 1.96. The fourth-order valence-electron chi connectivity index (χ4n) is 1.10. The molecule has 0 aromatic rings. The van der Waals surface area contributed by atoms with Gasteiger partial charge in [0.15, 0.2) is 0 Å². The molecule has 0 saturated carbocycles. The Bertz CT molecular complexity index is 171. The third-order valence-electron chi connectivity index (χ3n) is 2.03. The van der Waals surface area contributed by atoms with Gasteiger partial charge in [-0.05, 0) is 33.4 Å². The van der Waals surface area contributed by atoms with Crippen LogP contribution in [-0.4, -0.2) is 47.3 Å². The Labute approximate surface area is 85.2 Å². The van der Waals surface area contributed by atoms with Crippen molar-refractivity contribution in [3.8, 4) is 0 Å². The molecule has 84 valence electrons. The number of nitrogens with two attached hydrogens (primary N) is 1. The Morgan fingerprint density at radius 3 is 2.64 bits per heavy atom. The van der Waals surface area contributed by atoms with E-state index in [1.807, 2.05) is 7.05 Å². The highest BCUT2D eigenvalue weighted by atomic mass is 16.4. The number of aliphatic hydroxyl groups excluding tert-OH is 1. The first-order valence-electron chi connectivity index (χ1n) is 4.89. The predicted octanol–water partition coefficient (Wildman–Crippen LogP) is 0.216. The molecule has 0 saturated heterocycles. The van der Waals surface area contributed by atoms with Crippen LogP contribution < -0.4 is 5.73 Å². The monoisotopic (exact) mass is 203 g/mol. The molecule has 0 rings (SSSR count). The number of hydrogen-bond acceptors (Lipinski definition) is 4. The molecule has 0 radical (unpaired) electrons. The van der Waals surface area contributed by atoms with Crippen molar-refractivity contribution in [2.75, 3.05) is 20.1 Å². The molecular weight excluding hydrogens is 182 g/mol. The molecule has 0 aliphatic heterocycles. The Morgan fingerprint density at radius 2 is 2.14 bits per heavy atom. The van der Waals surface area contributed by atoms with Crippen LogP contribution in [0.1, 0.15) is 26.2 Å². The van der Waals surface area contributed by atoms with Crippen molar-refractivity contribution in [3.05, 3.63) is 0 Å². The molecule has 0 aromatic carbocycles. The largest absolute Gasteiger partial charge is 0.409 e. The van der Waals surface area contributed by atoms with Crippen molar-refractivity contribution in [3.63, 3.8) is 0 Å². The topological polar surface area (TPSA) is 82.1 Å². The van der Waals surface area contributed by atoms with Gasteiger partial charge in [-0.1, -0.05) is 5.16 Å². The smallest absolute Gasteiger partial charge is 0.139 e. The number of rotatable bonds is 7. The molecule has 5 heteroatoms. The molecular formula is C9H21N3O2. The van der Waals surface area contributed by atoms with Crippen LogP contribution >= 0.6 is 0 Å². The fourth-order valence-corrected chi connectivity index (χ4v) is 1.10. The Hall–Kier alpha value is -0.810.